The Morgan fingerprint density at radius 1 is 0.489 bits per heavy atom. The van der Waals surface area contributed by atoms with Crippen LogP contribution in [0, 0.1) is 17.3 Å². The number of unbranched alkanes of at least 4 members (excludes halogenated alkanes) is 3. The van der Waals surface area contributed by atoms with Gasteiger partial charge < -0.3 is 0 Å². The Labute approximate surface area is 556 Å². The molecule has 3 atom stereocenters. The van der Waals surface area contributed by atoms with Crippen molar-refractivity contribution in [3.63, 3.8) is 0 Å². The van der Waals surface area contributed by atoms with Crippen LogP contribution in [0.4, 0.5) is 0 Å². The standard InChI is InChI=1S/C65H98.C22H26.C3H8/c1-18-25-29-50(23-6)44-65(45-51(24-7)30-26-19-2)60-42-53(36-38-57(60)58-39-37-54(43-61(58)65)64(15,16)17)47(9)33-35-52(31-27-20-3)56-41-40-55(48(10)32-34-49(11)63(12,13)14)62(46(8)22-5)59(56)28-21-4;1-15(2)19-7-11-21(12-8-19)17(5)18(6)22-13-9-20(10-14-22)16(3)4;1-3-2/h32-43,46,50-51H,18-31,44-45H2,1-17H3;7-16H,5-6H2,1-4H3;3H2,1-2H3/b47-33+,48-32+,49-34+,52-35+;;. The average molecular weight is 1210 g/mol. The van der Waals surface area contributed by atoms with Crippen molar-refractivity contribution in [1.82, 2.24) is 0 Å². The Morgan fingerprint density at radius 3 is 1.38 bits per heavy atom. The van der Waals surface area contributed by atoms with Crippen molar-refractivity contribution in [2.45, 2.75) is 297 Å². The van der Waals surface area contributed by atoms with E-state index in [4.69, 9.17) is 0 Å². The molecule has 0 radical (unpaired) electrons. The van der Waals surface area contributed by atoms with E-state index in [9.17, 15) is 0 Å². The van der Waals surface area contributed by atoms with Gasteiger partial charge in [0.15, 0.2) is 0 Å². The topological polar surface area (TPSA) is 0 Å². The fraction of sp³-hybridized carbons (Fsp3) is 0.533. The van der Waals surface area contributed by atoms with Gasteiger partial charge in [-0.2, -0.15) is 0 Å². The van der Waals surface area contributed by atoms with Crippen molar-refractivity contribution in [1.29, 1.82) is 0 Å². The molecule has 6 rings (SSSR count). The van der Waals surface area contributed by atoms with Gasteiger partial charge in [0.1, 0.15) is 0 Å². The zero-order valence-electron chi connectivity index (χ0n) is 62.4. The van der Waals surface area contributed by atoms with Crippen molar-refractivity contribution in [2.75, 3.05) is 0 Å². The lowest BCUT2D eigenvalue weighted by molar-refractivity contribution is 0.265. The summed E-state index contributed by atoms with van der Waals surface area (Å²) in [7, 11) is 0. The van der Waals surface area contributed by atoms with E-state index in [1.807, 2.05) is 0 Å². The molecular formula is C90H132. The van der Waals surface area contributed by atoms with Crippen molar-refractivity contribution in [3.8, 4) is 11.1 Å². The van der Waals surface area contributed by atoms with Crippen LogP contribution >= 0.6 is 0 Å². The summed E-state index contributed by atoms with van der Waals surface area (Å²) in [5.41, 5.74) is 28.1. The minimum atomic E-state index is 0.0180. The van der Waals surface area contributed by atoms with E-state index in [2.05, 4.69) is 294 Å². The van der Waals surface area contributed by atoms with Crippen molar-refractivity contribution in [3.05, 3.63) is 207 Å². The summed E-state index contributed by atoms with van der Waals surface area (Å²) in [5.74, 6) is 3.02. The molecule has 5 aromatic carbocycles. The molecule has 0 saturated heterocycles. The Bertz CT molecular complexity index is 3070. The summed E-state index contributed by atoms with van der Waals surface area (Å²) in [6.45, 7) is 61.9. The first-order valence-corrected chi connectivity index (χ1v) is 36.4. The minimum absolute atomic E-state index is 0.0180. The smallest absolute Gasteiger partial charge is 0.0220 e. The fourth-order valence-corrected chi connectivity index (χ4v) is 13.3. The van der Waals surface area contributed by atoms with Gasteiger partial charge in [-0.15, -0.1) is 0 Å². The molecule has 0 N–H and O–H groups in total. The highest BCUT2D eigenvalue weighted by Gasteiger charge is 2.46. The third-order valence-electron chi connectivity index (χ3n) is 20.1. The maximum Gasteiger partial charge on any atom is 0.0220 e. The van der Waals surface area contributed by atoms with Gasteiger partial charge in [0, 0.05) is 5.41 Å². The molecular weight excluding hydrogens is 1080 g/mol. The monoisotopic (exact) mass is 1210 g/mol. The summed E-state index contributed by atoms with van der Waals surface area (Å²) in [4.78, 5) is 0. The molecule has 1 aliphatic rings. The van der Waals surface area contributed by atoms with Gasteiger partial charge in [0.25, 0.3) is 0 Å². The minimum Gasteiger partial charge on any atom is -0.0906 e. The lowest BCUT2D eigenvalue weighted by Gasteiger charge is -2.39. The second-order valence-corrected chi connectivity index (χ2v) is 30.0. The quantitative estimate of drug-likeness (QED) is 0.0419. The van der Waals surface area contributed by atoms with Crippen LogP contribution in [-0.4, -0.2) is 0 Å². The lowest BCUT2D eigenvalue weighted by atomic mass is 9.64. The second-order valence-electron chi connectivity index (χ2n) is 30.0. The first kappa shape index (κ1) is 77.0. The Hall–Kier alpha value is -5.46. The number of rotatable bonds is 29. The fourth-order valence-electron chi connectivity index (χ4n) is 13.3. The highest BCUT2D eigenvalue weighted by molar-refractivity contribution is 6.03. The number of benzene rings is 5. The van der Waals surface area contributed by atoms with Gasteiger partial charge in [0.2, 0.25) is 0 Å². The maximum atomic E-state index is 4.23. The van der Waals surface area contributed by atoms with E-state index < -0.39 is 0 Å². The predicted molar refractivity (Wildman–Crippen MR) is 409 cm³/mol. The highest BCUT2D eigenvalue weighted by Crippen LogP contribution is 2.57. The highest BCUT2D eigenvalue weighted by atomic mass is 14.5. The molecule has 0 bridgehead atoms. The van der Waals surface area contributed by atoms with Crippen molar-refractivity contribution < 1.29 is 0 Å². The Balaban J connectivity index is 0.000000573. The molecule has 492 valence electrons. The summed E-state index contributed by atoms with van der Waals surface area (Å²) < 4.78 is 0. The zero-order valence-corrected chi connectivity index (χ0v) is 62.4. The van der Waals surface area contributed by atoms with Crippen LogP contribution in [-0.2, 0) is 17.3 Å². The van der Waals surface area contributed by atoms with Crippen LogP contribution in [0.15, 0.2) is 140 Å². The van der Waals surface area contributed by atoms with E-state index in [-0.39, 0.29) is 16.2 Å². The first-order valence-electron chi connectivity index (χ1n) is 36.4. The van der Waals surface area contributed by atoms with E-state index in [0.717, 1.165) is 48.0 Å². The van der Waals surface area contributed by atoms with Gasteiger partial charge in [-0.25, -0.2) is 0 Å². The third kappa shape index (κ3) is 20.8. The Kier molecular flexibility index (Phi) is 31.4. The molecule has 1 aliphatic carbocycles. The van der Waals surface area contributed by atoms with Gasteiger partial charge in [0.05, 0.1) is 0 Å². The van der Waals surface area contributed by atoms with Crippen LogP contribution in [0.2, 0.25) is 0 Å². The molecule has 0 aromatic heterocycles. The van der Waals surface area contributed by atoms with Gasteiger partial charge >= 0.3 is 0 Å². The third-order valence-corrected chi connectivity index (χ3v) is 20.1. The van der Waals surface area contributed by atoms with Crippen LogP contribution < -0.4 is 0 Å². The molecule has 0 nitrogen and oxygen atoms in total. The van der Waals surface area contributed by atoms with Crippen LogP contribution in [0.5, 0.6) is 0 Å². The molecule has 90 heavy (non-hydrogen) atoms. The Morgan fingerprint density at radius 2 is 0.944 bits per heavy atom. The lowest BCUT2D eigenvalue weighted by Crippen LogP contribution is -2.32. The summed E-state index contributed by atoms with van der Waals surface area (Å²) >= 11 is 0. The van der Waals surface area contributed by atoms with Crippen molar-refractivity contribution in [2.24, 2.45) is 17.3 Å². The molecule has 5 aromatic rings. The van der Waals surface area contributed by atoms with Crippen LogP contribution in [0.1, 0.15) is 346 Å². The van der Waals surface area contributed by atoms with E-state index in [0.29, 0.717) is 29.6 Å². The first-order chi connectivity index (χ1) is 42.7. The number of hydrogen-bond donors (Lipinski definition) is 0. The van der Waals surface area contributed by atoms with E-state index in [1.54, 1.807) is 22.3 Å². The summed E-state index contributed by atoms with van der Waals surface area (Å²) in [5, 5.41) is 0. The molecule has 3 unspecified atom stereocenters. The largest absolute Gasteiger partial charge is 0.0906 e. The van der Waals surface area contributed by atoms with E-state index in [1.165, 1.54) is 150 Å². The summed E-state index contributed by atoms with van der Waals surface area (Å²) in [6.07, 6.45) is 30.8. The normalized spacial score (nSPS) is 15.6. The molecule has 0 heterocycles. The predicted octanol–water partition coefficient (Wildman–Crippen LogP) is 29.1. The molecule has 0 spiro atoms. The number of allylic oxidation sites excluding steroid dienone is 10. The zero-order chi connectivity index (χ0) is 67.1. The molecule has 0 fully saturated rings. The van der Waals surface area contributed by atoms with E-state index >= 15 is 0 Å². The van der Waals surface area contributed by atoms with Crippen LogP contribution in [0.3, 0.4) is 0 Å². The molecule has 0 aliphatic heterocycles. The maximum absolute atomic E-state index is 4.23. The van der Waals surface area contributed by atoms with Gasteiger partial charge in [-0.05, 0) is 212 Å². The second kappa shape index (κ2) is 36.7. The summed E-state index contributed by atoms with van der Waals surface area (Å²) in [6, 6.07) is 37.5. The number of hydrogen-bond acceptors (Lipinski definition) is 0. The van der Waals surface area contributed by atoms with Gasteiger partial charge in [-0.1, -0.05) is 343 Å². The number of fused-ring (bicyclic) bond motifs is 3. The molecule has 0 heteroatoms. The molecule has 0 amide bonds. The van der Waals surface area contributed by atoms with Crippen LogP contribution in [0.25, 0.3) is 39.0 Å². The van der Waals surface area contributed by atoms with Gasteiger partial charge in [-0.3, -0.25) is 0 Å². The molecule has 0 saturated carbocycles. The van der Waals surface area contributed by atoms with Crippen molar-refractivity contribution >= 4 is 27.9 Å². The SMILES string of the molecule is C=C(C(=C)c1ccc(C(C)C)cc1)c1ccc(C(C)C)cc1.CCC.CCCC/C(=C\C=C(/C)c1ccc2c(c1)C(CC(CC)CCCC)(CC(CC)CCCC)c1cc(C(C)(C)C)ccc1-2)c1ccc(/C(C)=C/C=C(\C)C(C)(C)C)c(C(C)CC)c1CCC. The average Bonchev–Trinajstić information content (AvgIpc) is 1.55.